The number of fused-ring (bicyclic) bond motifs is 2. The van der Waals surface area contributed by atoms with E-state index >= 15 is 0 Å². The molecule has 172 valence electrons. The molecule has 4 heterocycles. The van der Waals surface area contributed by atoms with Gasteiger partial charge in [-0.1, -0.05) is 12.1 Å². The number of phenolic OH excluding ortho intramolecular Hbond substituents is 1. The van der Waals surface area contributed by atoms with Crippen LogP contribution in [0.4, 0.5) is 4.39 Å². The number of aromatic hydroxyl groups is 1. The first-order valence-corrected chi connectivity index (χ1v) is 11.9. The highest BCUT2D eigenvalue weighted by Crippen LogP contribution is 2.40. The van der Waals surface area contributed by atoms with Gasteiger partial charge < -0.3 is 9.51 Å². The molecule has 6 heteroatoms. The average molecular weight is 455 g/mol. The number of benzene rings is 1. The van der Waals surface area contributed by atoms with Crippen molar-refractivity contribution in [3.63, 3.8) is 0 Å². The van der Waals surface area contributed by atoms with E-state index in [1.54, 1.807) is 12.3 Å². The van der Waals surface area contributed by atoms with Crippen molar-refractivity contribution in [1.29, 1.82) is 0 Å². The van der Waals surface area contributed by atoms with Crippen LogP contribution in [-0.4, -0.2) is 44.1 Å². The second-order valence-corrected chi connectivity index (χ2v) is 9.42. The zero-order valence-corrected chi connectivity index (χ0v) is 19.0. The van der Waals surface area contributed by atoms with Gasteiger partial charge in [0.2, 0.25) is 0 Å². The molecule has 0 atom stereocenters. The first-order valence-electron chi connectivity index (χ1n) is 11.9. The molecule has 1 aliphatic heterocycles. The number of aromatic nitrogens is 3. The Bertz CT molecular complexity index is 1370. The summed E-state index contributed by atoms with van der Waals surface area (Å²) < 4.78 is 14.8. The van der Waals surface area contributed by atoms with Crippen molar-refractivity contribution in [1.82, 2.24) is 19.3 Å². The second-order valence-electron chi connectivity index (χ2n) is 9.42. The number of rotatable bonds is 5. The maximum Gasteiger partial charge on any atom is 0.137 e. The Morgan fingerprint density at radius 3 is 2.79 bits per heavy atom. The molecular formula is C28H27FN4O. The van der Waals surface area contributed by atoms with Crippen LogP contribution in [0, 0.1) is 5.92 Å². The molecule has 0 amide bonds. The number of likely N-dealkylation sites (tertiary alicyclic amines) is 1. The zero-order chi connectivity index (χ0) is 23.1. The van der Waals surface area contributed by atoms with Crippen LogP contribution >= 0.6 is 0 Å². The molecule has 1 fully saturated rings. The molecule has 5 nitrogen and oxygen atoms in total. The van der Waals surface area contributed by atoms with Crippen LogP contribution in [-0.2, 0) is 13.0 Å². The van der Waals surface area contributed by atoms with Crippen LogP contribution in [0.3, 0.4) is 0 Å². The Morgan fingerprint density at radius 2 is 1.97 bits per heavy atom. The summed E-state index contributed by atoms with van der Waals surface area (Å²) in [5.74, 6) is 0.480. The summed E-state index contributed by atoms with van der Waals surface area (Å²) in [6.45, 7) is 2.12. The van der Waals surface area contributed by atoms with Gasteiger partial charge in [0.05, 0.1) is 12.4 Å². The lowest BCUT2D eigenvalue weighted by Gasteiger charge is -2.37. The maximum absolute atomic E-state index is 12.8. The third kappa shape index (κ3) is 3.88. The number of allylic oxidation sites excluding steroid dienone is 1. The molecule has 1 aliphatic carbocycles. The topological polar surface area (TPSA) is 53.7 Å². The third-order valence-corrected chi connectivity index (χ3v) is 6.98. The zero-order valence-electron chi connectivity index (χ0n) is 19.0. The van der Waals surface area contributed by atoms with Crippen LogP contribution in [0.1, 0.15) is 40.8 Å². The number of phenols is 1. The Morgan fingerprint density at radius 1 is 1.06 bits per heavy atom. The molecule has 34 heavy (non-hydrogen) atoms. The Kier molecular flexibility index (Phi) is 5.38. The first-order chi connectivity index (χ1) is 16.7. The number of hydrogen-bond acceptors (Lipinski definition) is 4. The number of aryl methyl sites for hydroxylation is 1. The van der Waals surface area contributed by atoms with Crippen molar-refractivity contribution in [2.45, 2.75) is 25.8 Å². The molecule has 4 aromatic rings. The van der Waals surface area contributed by atoms with Crippen LogP contribution in [0.25, 0.3) is 16.8 Å². The Balaban J connectivity index is 1.44. The fourth-order valence-corrected chi connectivity index (χ4v) is 5.33. The number of hydrogen-bond donors (Lipinski definition) is 1. The summed E-state index contributed by atoms with van der Waals surface area (Å²) in [6.07, 6.45) is 10.7. The number of pyridine rings is 2. The van der Waals surface area contributed by atoms with Gasteiger partial charge in [0.15, 0.2) is 0 Å². The number of halogens is 1. The molecule has 0 radical (unpaired) electrons. The van der Waals surface area contributed by atoms with E-state index in [9.17, 15) is 9.50 Å². The minimum atomic E-state index is -0.237. The van der Waals surface area contributed by atoms with E-state index in [4.69, 9.17) is 4.98 Å². The molecule has 0 spiro atoms. The van der Waals surface area contributed by atoms with Gasteiger partial charge in [0.25, 0.3) is 0 Å². The second kappa shape index (κ2) is 8.69. The Labute approximate surface area is 198 Å². The van der Waals surface area contributed by atoms with Crippen molar-refractivity contribution < 1.29 is 9.50 Å². The number of nitrogens with zero attached hydrogens (tertiary/aromatic N) is 4. The van der Waals surface area contributed by atoms with Crippen LogP contribution in [0.2, 0.25) is 0 Å². The molecule has 1 saturated heterocycles. The largest absolute Gasteiger partial charge is 0.508 e. The Hall–Kier alpha value is -3.51. The summed E-state index contributed by atoms with van der Waals surface area (Å²) >= 11 is 0. The highest BCUT2D eigenvalue weighted by molar-refractivity contribution is 6.00. The summed E-state index contributed by atoms with van der Waals surface area (Å²) in [7, 11) is 0. The standard InChI is InChI=1S/C28H27FN4O/c29-13-19-15-32(16-19)17-23-18-33-10-8-21(12-27(33)31-23)28-25(22-4-2-9-30-14-22)5-1-3-20-11-24(34)6-7-26(20)28/h2,4,6-12,14,18-19,34H,1,3,5,13,15-17H2. The average Bonchev–Trinajstić information content (AvgIpc) is 3.14. The van der Waals surface area contributed by atoms with Crippen molar-refractivity contribution in [2.24, 2.45) is 5.92 Å². The normalized spacial score (nSPS) is 17.0. The van der Waals surface area contributed by atoms with Crippen molar-refractivity contribution in [3.05, 3.63) is 95.2 Å². The smallest absolute Gasteiger partial charge is 0.137 e. The molecule has 3 aromatic heterocycles. The predicted molar refractivity (Wildman–Crippen MR) is 131 cm³/mol. The quantitative estimate of drug-likeness (QED) is 0.454. The summed E-state index contributed by atoms with van der Waals surface area (Å²) in [5.41, 5.74) is 8.91. The van der Waals surface area contributed by atoms with Crippen LogP contribution in [0.15, 0.2) is 67.3 Å². The van der Waals surface area contributed by atoms with Gasteiger partial charge >= 0.3 is 0 Å². The van der Waals surface area contributed by atoms with Gasteiger partial charge in [-0.3, -0.25) is 14.3 Å². The van der Waals surface area contributed by atoms with Gasteiger partial charge in [0.1, 0.15) is 11.4 Å². The molecular weight excluding hydrogens is 427 g/mol. The van der Waals surface area contributed by atoms with Crippen molar-refractivity contribution in [3.8, 4) is 5.75 Å². The van der Waals surface area contributed by atoms with E-state index in [-0.39, 0.29) is 12.6 Å². The van der Waals surface area contributed by atoms with Gasteiger partial charge in [-0.2, -0.15) is 0 Å². The van der Waals surface area contributed by atoms with Gasteiger partial charge in [-0.15, -0.1) is 0 Å². The molecule has 1 N–H and O–H groups in total. The third-order valence-electron chi connectivity index (χ3n) is 6.98. The number of alkyl halides is 1. The van der Waals surface area contributed by atoms with Crippen LogP contribution in [0.5, 0.6) is 5.75 Å². The summed E-state index contributed by atoms with van der Waals surface area (Å²) in [4.78, 5) is 11.5. The lowest BCUT2D eigenvalue weighted by Crippen LogP contribution is -2.46. The SMILES string of the molecule is Oc1ccc2c(c1)CCCC(c1cccnc1)=C2c1ccn2cc(CN3CC(CF)C3)nc2c1. The van der Waals surface area contributed by atoms with E-state index < -0.39 is 0 Å². The fraction of sp³-hybridized carbons (Fsp3) is 0.286. The highest BCUT2D eigenvalue weighted by Gasteiger charge is 2.27. The predicted octanol–water partition coefficient (Wildman–Crippen LogP) is 5.13. The van der Waals surface area contributed by atoms with E-state index in [0.717, 1.165) is 72.5 Å². The monoisotopic (exact) mass is 454 g/mol. The summed E-state index contributed by atoms with van der Waals surface area (Å²) in [5, 5.41) is 10.1. The molecule has 0 saturated carbocycles. The molecule has 0 unspecified atom stereocenters. The van der Waals surface area contributed by atoms with E-state index in [0.29, 0.717) is 5.75 Å². The molecule has 2 aliphatic rings. The lowest BCUT2D eigenvalue weighted by molar-refractivity contribution is 0.0727. The highest BCUT2D eigenvalue weighted by atomic mass is 19.1. The molecule has 0 bridgehead atoms. The minimum Gasteiger partial charge on any atom is -0.508 e. The first kappa shape index (κ1) is 21.1. The lowest BCUT2D eigenvalue weighted by atomic mass is 9.88. The van der Waals surface area contributed by atoms with Crippen molar-refractivity contribution >= 4 is 16.8 Å². The number of imidazole rings is 1. The van der Waals surface area contributed by atoms with Gasteiger partial charge in [-0.25, -0.2) is 4.98 Å². The molecule has 6 rings (SSSR count). The van der Waals surface area contributed by atoms with Gasteiger partial charge in [-0.05, 0) is 83.0 Å². The van der Waals surface area contributed by atoms with E-state index in [1.165, 1.54) is 11.1 Å². The van der Waals surface area contributed by atoms with Gasteiger partial charge in [0, 0.05) is 50.3 Å². The fourth-order valence-electron chi connectivity index (χ4n) is 5.33. The van der Waals surface area contributed by atoms with Crippen molar-refractivity contribution in [2.75, 3.05) is 19.8 Å². The van der Waals surface area contributed by atoms with Crippen LogP contribution < -0.4 is 0 Å². The summed E-state index contributed by atoms with van der Waals surface area (Å²) in [6, 6.07) is 14.1. The minimum absolute atomic E-state index is 0.177. The molecule has 1 aromatic carbocycles. The van der Waals surface area contributed by atoms with E-state index in [1.807, 2.05) is 24.4 Å². The van der Waals surface area contributed by atoms with E-state index in [2.05, 4.69) is 44.9 Å². The maximum atomic E-state index is 12.8.